The molecule has 0 aliphatic carbocycles. The van der Waals surface area contributed by atoms with Gasteiger partial charge in [-0.2, -0.15) is 0 Å². The Morgan fingerprint density at radius 2 is 2.00 bits per heavy atom. The molecular formula is C21H23FN2O5. The van der Waals surface area contributed by atoms with Gasteiger partial charge in [-0.1, -0.05) is 30.3 Å². The Kier molecular flexibility index (Phi) is 6.03. The average molecular weight is 402 g/mol. The average Bonchev–Trinajstić information content (AvgIpc) is 2.67. The van der Waals surface area contributed by atoms with Gasteiger partial charge < -0.3 is 19.5 Å². The van der Waals surface area contributed by atoms with E-state index < -0.39 is 23.4 Å². The molecule has 1 amide bonds. The summed E-state index contributed by atoms with van der Waals surface area (Å²) < 4.78 is 25.4. The van der Waals surface area contributed by atoms with Gasteiger partial charge >= 0.3 is 12.1 Å². The second-order valence-electron chi connectivity index (χ2n) is 7.36. The molecule has 1 saturated heterocycles. The highest BCUT2D eigenvalue weighted by Crippen LogP contribution is 2.33. The van der Waals surface area contributed by atoms with Crippen molar-refractivity contribution in [2.75, 3.05) is 30.0 Å². The van der Waals surface area contributed by atoms with Gasteiger partial charge in [-0.15, -0.1) is 0 Å². The van der Waals surface area contributed by atoms with E-state index >= 15 is 0 Å². The van der Waals surface area contributed by atoms with Crippen LogP contribution in [-0.2, 0) is 16.1 Å². The molecule has 1 heterocycles. The van der Waals surface area contributed by atoms with E-state index in [1.54, 1.807) is 29.2 Å². The van der Waals surface area contributed by atoms with Crippen LogP contribution < -0.4 is 10.2 Å². The van der Waals surface area contributed by atoms with Crippen molar-refractivity contribution in [3.05, 3.63) is 59.4 Å². The number of nitrogens with zero attached hydrogens (tertiary/aromatic N) is 1. The Labute approximate surface area is 168 Å². The van der Waals surface area contributed by atoms with Crippen LogP contribution in [0.1, 0.15) is 29.8 Å². The van der Waals surface area contributed by atoms with Crippen molar-refractivity contribution in [2.45, 2.75) is 26.0 Å². The molecule has 1 aliphatic rings. The van der Waals surface area contributed by atoms with Crippen LogP contribution >= 0.6 is 0 Å². The van der Waals surface area contributed by atoms with Gasteiger partial charge in [0.1, 0.15) is 12.4 Å². The van der Waals surface area contributed by atoms with Gasteiger partial charge in [-0.3, -0.25) is 5.32 Å². The number of benzene rings is 2. The van der Waals surface area contributed by atoms with Crippen LogP contribution in [0.4, 0.5) is 20.6 Å². The number of ether oxygens (including phenoxy) is 2. The smallest absolute Gasteiger partial charge is 0.411 e. The quantitative estimate of drug-likeness (QED) is 0.789. The summed E-state index contributed by atoms with van der Waals surface area (Å²) in [7, 11) is 0. The number of hydrogen-bond donors (Lipinski definition) is 2. The zero-order chi connectivity index (χ0) is 21.0. The molecule has 0 saturated carbocycles. The number of carboxylic acid groups (broad SMARTS) is 1. The first kappa shape index (κ1) is 20.6. The lowest BCUT2D eigenvalue weighted by Crippen LogP contribution is -2.53. The highest BCUT2D eigenvalue weighted by molar-refractivity contribution is 5.99. The lowest BCUT2D eigenvalue weighted by atomic mass is 10.00. The number of halogens is 1. The molecule has 29 heavy (non-hydrogen) atoms. The minimum atomic E-state index is -1.28. The molecule has 0 bridgehead atoms. The number of rotatable bonds is 5. The monoisotopic (exact) mass is 402 g/mol. The third-order valence-corrected chi connectivity index (χ3v) is 4.70. The van der Waals surface area contributed by atoms with Crippen LogP contribution in [-0.4, -0.2) is 42.5 Å². The van der Waals surface area contributed by atoms with Gasteiger partial charge in [0.05, 0.1) is 35.7 Å². The minimum absolute atomic E-state index is 0.0115. The van der Waals surface area contributed by atoms with Gasteiger partial charge in [0.15, 0.2) is 0 Å². The maximum Gasteiger partial charge on any atom is 0.411 e. The maximum absolute atomic E-state index is 14.9. The molecule has 0 spiro atoms. The topological polar surface area (TPSA) is 88.1 Å². The minimum Gasteiger partial charge on any atom is -0.478 e. The van der Waals surface area contributed by atoms with E-state index in [1.807, 2.05) is 19.9 Å². The predicted molar refractivity (Wildman–Crippen MR) is 106 cm³/mol. The molecule has 2 aromatic carbocycles. The highest BCUT2D eigenvalue weighted by atomic mass is 19.1. The van der Waals surface area contributed by atoms with E-state index in [2.05, 4.69) is 5.32 Å². The summed E-state index contributed by atoms with van der Waals surface area (Å²) in [4.78, 5) is 25.6. The van der Waals surface area contributed by atoms with Crippen LogP contribution in [0.5, 0.6) is 0 Å². The van der Waals surface area contributed by atoms with Crippen molar-refractivity contribution >= 4 is 23.4 Å². The summed E-state index contributed by atoms with van der Waals surface area (Å²) in [5, 5.41) is 11.9. The SMILES string of the molecule is CC1(C)COCCN1c1cc(C(=O)O)c(NC(=O)OCc2ccccc2)cc1F. The van der Waals surface area contributed by atoms with E-state index in [4.69, 9.17) is 9.47 Å². The van der Waals surface area contributed by atoms with Crippen molar-refractivity contribution in [1.29, 1.82) is 0 Å². The Morgan fingerprint density at radius 3 is 2.66 bits per heavy atom. The van der Waals surface area contributed by atoms with E-state index in [0.29, 0.717) is 19.8 Å². The van der Waals surface area contributed by atoms with Crippen LogP contribution in [0.15, 0.2) is 42.5 Å². The molecule has 7 nitrogen and oxygen atoms in total. The van der Waals surface area contributed by atoms with E-state index in [9.17, 15) is 19.1 Å². The molecule has 8 heteroatoms. The fraction of sp³-hybridized carbons (Fsp3) is 0.333. The van der Waals surface area contributed by atoms with Gasteiger partial charge in [0.2, 0.25) is 0 Å². The lowest BCUT2D eigenvalue weighted by molar-refractivity contribution is 0.0639. The fourth-order valence-corrected chi connectivity index (χ4v) is 3.22. The zero-order valence-corrected chi connectivity index (χ0v) is 16.3. The van der Waals surface area contributed by atoms with Crippen LogP contribution in [0, 0.1) is 5.82 Å². The fourth-order valence-electron chi connectivity index (χ4n) is 3.22. The molecule has 0 aromatic heterocycles. The summed E-state index contributed by atoms with van der Waals surface area (Å²) in [6, 6.07) is 11.3. The number of morpholine rings is 1. The molecule has 0 atom stereocenters. The molecule has 0 radical (unpaired) electrons. The van der Waals surface area contributed by atoms with Crippen LogP contribution in [0.25, 0.3) is 0 Å². The first-order valence-corrected chi connectivity index (χ1v) is 9.18. The maximum atomic E-state index is 14.9. The van der Waals surface area contributed by atoms with Crippen molar-refractivity contribution in [2.24, 2.45) is 0 Å². The van der Waals surface area contributed by atoms with Crippen molar-refractivity contribution in [3.8, 4) is 0 Å². The summed E-state index contributed by atoms with van der Waals surface area (Å²) in [6.07, 6.45) is -0.866. The molecule has 154 valence electrons. The van der Waals surface area contributed by atoms with Gasteiger partial charge in [0.25, 0.3) is 0 Å². The Hall–Kier alpha value is -3.13. The standard InChI is InChI=1S/C21H23FN2O5/c1-21(2)13-28-9-8-24(21)18-10-15(19(25)26)17(11-16(18)22)23-20(27)29-12-14-6-4-3-5-7-14/h3-7,10-11H,8-9,12-13H2,1-2H3,(H,23,27)(H,25,26). The molecule has 0 unspecified atom stereocenters. The number of carbonyl (C=O) groups excluding carboxylic acids is 1. The zero-order valence-electron chi connectivity index (χ0n) is 16.3. The number of aromatic carboxylic acids is 1. The van der Waals surface area contributed by atoms with Gasteiger partial charge in [-0.05, 0) is 25.5 Å². The first-order valence-electron chi connectivity index (χ1n) is 9.18. The van der Waals surface area contributed by atoms with Crippen LogP contribution in [0.2, 0.25) is 0 Å². The molecule has 2 N–H and O–H groups in total. The number of amides is 1. The summed E-state index contributed by atoms with van der Waals surface area (Å²) in [5.74, 6) is -1.92. The molecule has 1 aliphatic heterocycles. The Balaban J connectivity index is 1.81. The number of nitrogens with one attached hydrogen (secondary N) is 1. The summed E-state index contributed by atoms with van der Waals surface area (Å²) in [5.41, 5.74) is 0.0395. The molecule has 3 rings (SSSR count). The Bertz CT molecular complexity index is 901. The van der Waals surface area contributed by atoms with Gasteiger partial charge in [0, 0.05) is 12.6 Å². The number of hydrogen-bond acceptors (Lipinski definition) is 5. The Morgan fingerprint density at radius 1 is 1.28 bits per heavy atom. The van der Waals surface area contributed by atoms with Crippen molar-refractivity contribution in [3.63, 3.8) is 0 Å². The third-order valence-electron chi connectivity index (χ3n) is 4.70. The first-order chi connectivity index (χ1) is 13.8. The second-order valence-corrected chi connectivity index (χ2v) is 7.36. The number of carboxylic acids is 1. The van der Waals surface area contributed by atoms with E-state index in [1.165, 1.54) is 6.07 Å². The molecule has 1 fully saturated rings. The highest BCUT2D eigenvalue weighted by Gasteiger charge is 2.33. The van der Waals surface area contributed by atoms with E-state index in [0.717, 1.165) is 11.6 Å². The van der Waals surface area contributed by atoms with Crippen LogP contribution in [0.3, 0.4) is 0 Å². The largest absolute Gasteiger partial charge is 0.478 e. The summed E-state index contributed by atoms with van der Waals surface area (Å²) >= 11 is 0. The predicted octanol–water partition coefficient (Wildman–Crippen LogP) is 3.89. The lowest BCUT2D eigenvalue weighted by Gasteiger charge is -2.44. The normalized spacial score (nSPS) is 15.6. The number of anilines is 2. The van der Waals surface area contributed by atoms with Crippen molar-refractivity contribution < 1.29 is 28.6 Å². The molecular weight excluding hydrogens is 379 g/mol. The second kappa shape index (κ2) is 8.48. The van der Waals surface area contributed by atoms with Crippen molar-refractivity contribution in [1.82, 2.24) is 0 Å². The third kappa shape index (κ3) is 4.83. The van der Waals surface area contributed by atoms with E-state index in [-0.39, 0.29) is 23.5 Å². The molecule has 2 aromatic rings. The summed E-state index contributed by atoms with van der Waals surface area (Å²) in [6.45, 7) is 5.02. The number of carbonyl (C=O) groups is 2. The van der Waals surface area contributed by atoms with Gasteiger partial charge in [-0.25, -0.2) is 14.0 Å².